The van der Waals surface area contributed by atoms with E-state index in [2.05, 4.69) is 18.7 Å². The van der Waals surface area contributed by atoms with E-state index >= 15 is 0 Å². The van der Waals surface area contributed by atoms with E-state index in [9.17, 15) is 14.4 Å². The minimum Gasteiger partial charge on any atom is -0.423 e. The van der Waals surface area contributed by atoms with Crippen molar-refractivity contribution in [3.05, 3.63) is 29.6 Å². The Bertz CT molecular complexity index is 441. The molecule has 2 N–H and O–H groups in total. The Morgan fingerprint density at radius 3 is 2.74 bits per heavy atom. The maximum absolute atomic E-state index is 13.2. The van der Waals surface area contributed by atoms with Crippen LogP contribution in [0.25, 0.3) is 0 Å². The van der Waals surface area contributed by atoms with Crippen molar-refractivity contribution in [2.24, 2.45) is 0 Å². The first-order valence-corrected chi connectivity index (χ1v) is 6.93. The smallest absolute Gasteiger partial charge is 0.423 e. The van der Waals surface area contributed by atoms with Gasteiger partial charge in [0, 0.05) is 18.6 Å². The lowest BCUT2D eigenvalue weighted by atomic mass is 9.76. The number of benzene rings is 1. The molecule has 1 fully saturated rings. The maximum Gasteiger partial charge on any atom is 0.488 e. The molecule has 0 aromatic heterocycles. The van der Waals surface area contributed by atoms with Crippen LogP contribution in [0.4, 0.5) is 4.39 Å². The first-order chi connectivity index (χ1) is 9.02. The zero-order valence-electron chi connectivity index (χ0n) is 11.5. The molecule has 0 bridgehead atoms. The van der Waals surface area contributed by atoms with E-state index in [1.165, 1.54) is 18.6 Å². The van der Waals surface area contributed by atoms with Gasteiger partial charge in [-0.15, -0.1) is 0 Å². The molecule has 2 atom stereocenters. The Kier molecular flexibility index (Phi) is 4.60. The highest BCUT2D eigenvalue weighted by Gasteiger charge is 2.30. The van der Waals surface area contributed by atoms with Crippen molar-refractivity contribution in [3.63, 3.8) is 0 Å². The van der Waals surface area contributed by atoms with Crippen LogP contribution in [0.3, 0.4) is 0 Å². The van der Waals surface area contributed by atoms with Gasteiger partial charge < -0.3 is 10.0 Å². The largest absolute Gasteiger partial charge is 0.488 e. The molecule has 3 nitrogen and oxygen atoms in total. The minimum absolute atomic E-state index is 0.272. The fourth-order valence-electron chi connectivity index (χ4n) is 3.00. The van der Waals surface area contributed by atoms with Crippen molar-refractivity contribution in [3.8, 4) is 0 Å². The quantitative estimate of drug-likeness (QED) is 0.806. The van der Waals surface area contributed by atoms with Crippen LogP contribution in [0.5, 0.6) is 0 Å². The average Bonchev–Trinajstić information content (AvgIpc) is 2.72. The van der Waals surface area contributed by atoms with Crippen molar-refractivity contribution in [1.82, 2.24) is 4.90 Å². The number of hydrogen-bond donors (Lipinski definition) is 2. The van der Waals surface area contributed by atoms with E-state index < -0.39 is 12.9 Å². The molecule has 1 aliphatic heterocycles. The first-order valence-electron chi connectivity index (χ1n) is 6.93. The fraction of sp³-hybridized carbons (Fsp3) is 0.571. The van der Waals surface area contributed by atoms with Crippen molar-refractivity contribution in [2.45, 2.75) is 51.7 Å². The van der Waals surface area contributed by atoms with E-state index in [1.807, 2.05) is 0 Å². The highest BCUT2D eigenvalue weighted by molar-refractivity contribution is 6.59. The van der Waals surface area contributed by atoms with E-state index in [1.54, 1.807) is 6.07 Å². The van der Waals surface area contributed by atoms with Crippen LogP contribution in [0.15, 0.2) is 18.2 Å². The molecule has 104 valence electrons. The highest BCUT2D eigenvalue weighted by Crippen LogP contribution is 2.27. The predicted octanol–water partition coefficient (Wildman–Crippen LogP) is 1.27. The number of nitrogens with zero attached hydrogens (tertiary/aromatic N) is 1. The molecule has 2 rings (SSSR count). The van der Waals surface area contributed by atoms with Gasteiger partial charge in [-0.25, -0.2) is 4.39 Å². The van der Waals surface area contributed by atoms with E-state index in [0.29, 0.717) is 18.6 Å². The molecular formula is C14H21BFNO2. The molecule has 0 radical (unpaired) electrons. The molecule has 0 amide bonds. The highest BCUT2D eigenvalue weighted by atomic mass is 19.1. The lowest BCUT2D eigenvalue weighted by molar-refractivity contribution is 0.190. The summed E-state index contributed by atoms with van der Waals surface area (Å²) in [6, 6.07) is 5.26. The summed E-state index contributed by atoms with van der Waals surface area (Å²) in [5.41, 5.74) is 1.07. The Morgan fingerprint density at radius 1 is 1.37 bits per heavy atom. The number of rotatable bonds is 4. The molecule has 1 saturated heterocycles. The van der Waals surface area contributed by atoms with Crippen LogP contribution in [-0.4, -0.2) is 34.2 Å². The standard InChI is InChI=1S/C14H21BFNO2/c1-3-13-7-4-10(2)17(13)9-11-5-6-12(16)8-14(11)15(18)19/h5-6,8,10,13,18-19H,3-4,7,9H2,1-2H3. The van der Waals surface area contributed by atoms with E-state index in [-0.39, 0.29) is 5.46 Å². The minimum atomic E-state index is -1.62. The summed E-state index contributed by atoms with van der Waals surface area (Å²) >= 11 is 0. The third-order valence-corrected chi connectivity index (χ3v) is 4.16. The van der Waals surface area contributed by atoms with Crippen molar-refractivity contribution in [1.29, 1.82) is 0 Å². The molecule has 19 heavy (non-hydrogen) atoms. The normalized spacial score (nSPS) is 23.8. The predicted molar refractivity (Wildman–Crippen MR) is 74.5 cm³/mol. The summed E-state index contributed by atoms with van der Waals surface area (Å²) in [6.45, 7) is 5.00. The lowest BCUT2D eigenvalue weighted by Gasteiger charge is -2.28. The maximum atomic E-state index is 13.2. The molecule has 1 aromatic carbocycles. The first kappa shape index (κ1) is 14.5. The van der Waals surface area contributed by atoms with Gasteiger partial charge in [-0.05, 0) is 49.3 Å². The average molecular weight is 265 g/mol. The second-order valence-electron chi connectivity index (χ2n) is 5.38. The Balaban J connectivity index is 2.23. The number of hydrogen-bond acceptors (Lipinski definition) is 3. The van der Waals surface area contributed by atoms with Crippen molar-refractivity contribution < 1.29 is 14.4 Å². The fourth-order valence-corrected chi connectivity index (χ4v) is 3.00. The topological polar surface area (TPSA) is 43.7 Å². The van der Waals surface area contributed by atoms with Crippen LogP contribution in [-0.2, 0) is 6.54 Å². The summed E-state index contributed by atoms with van der Waals surface area (Å²) in [5.74, 6) is -0.437. The summed E-state index contributed by atoms with van der Waals surface area (Å²) < 4.78 is 13.2. The summed E-state index contributed by atoms with van der Waals surface area (Å²) in [5, 5.41) is 18.7. The molecule has 2 unspecified atom stereocenters. The molecule has 1 aromatic rings. The van der Waals surface area contributed by atoms with Gasteiger partial charge >= 0.3 is 7.12 Å². The number of likely N-dealkylation sites (tertiary alicyclic amines) is 1. The van der Waals surface area contributed by atoms with Crippen molar-refractivity contribution in [2.75, 3.05) is 0 Å². The van der Waals surface area contributed by atoms with Gasteiger partial charge in [0.1, 0.15) is 5.82 Å². The molecule has 5 heteroatoms. The van der Waals surface area contributed by atoms with Crippen LogP contribution >= 0.6 is 0 Å². The molecule has 0 spiro atoms. The summed E-state index contributed by atoms with van der Waals surface area (Å²) in [4.78, 5) is 2.37. The van der Waals surface area contributed by atoms with Gasteiger partial charge in [0.2, 0.25) is 0 Å². The van der Waals surface area contributed by atoms with Crippen molar-refractivity contribution >= 4 is 12.6 Å². The molecule has 0 aliphatic carbocycles. The van der Waals surface area contributed by atoms with Crippen LogP contribution < -0.4 is 5.46 Å². The van der Waals surface area contributed by atoms with E-state index in [0.717, 1.165) is 18.4 Å². The molecular weight excluding hydrogens is 244 g/mol. The van der Waals surface area contributed by atoms with Crippen LogP contribution in [0.2, 0.25) is 0 Å². The Morgan fingerprint density at radius 2 is 2.11 bits per heavy atom. The zero-order valence-corrected chi connectivity index (χ0v) is 11.5. The third-order valence-electron chi connectivity index (χ3n) is 4.16. The monoisotopic (exact) mass is 265 g/mol. The molecule has 1 heterocycles. The Labute approximate surface area is 114 Å². The van der Waals surface area contributed by atoms with Gasteiger partial charge in [0.05, 0.1) is 0 Å². The van der Waals surface area contributed by atoms with Gasteiger partial charge in [-0.2, -0.15) is 0 Å². The zero-order chi connectivity index (χ0) is 14.0. The van der Waals surface area contributed by atoms with Crippen LogP contribution in [0.1, 0.15) is 38.7 Å². The summed E-state index contributed by atoms with van der Waals surface area (Å²) in [6.07, 6.45) is 3.43. The number of halogens is 1. The molecule has 0 saturated carbocycles. The van der Waals surface area contributed by atoms with Gasteiger partial charge in [0.25, 0.3) is 0 Å². The second-order valence-corrected chi connectivity index (χ2v) is 5.38. The van der Waals surface area contributed by atoms with Crippen LogP contribution in [0, 0.1) is 5.82 Å². The van der Waals surface area contributed by atoms with Gasteiger partial charge in [-0.1, -0.05) is 13.0 Å². The lowest BCUT2D eigenvalue weighted by Crippen LogP contribution is -2.39. The van der Waals surface area contributed by atoms with Gasteiger partial charge in [-0.3, -0.25) is 4.90 Å². The second kappa shape index (κ2) is 6.03. The molecule has 1 aliphatic rings. The van der Waals surface area contributed by atoms with E-state index in [4.69, 9.17) is 0 Å². The summed E-state index contributed by atoms with van der Waals surface area (Å²) in [7, 11) is -1.62. The Hall–Kier alpha value is -0.905. The third kappa shape index (κ3) is 3.16. The SMILES string of the molecule is CCC1CCC(C)N1Cc1ccc(F)cc1B(O)O. The van der Waals surface area contributed by atoms with Gasteiger partial charge in [0.15, 0.2) is 0 Å².